The van der Waals surface area contributed by atoms with Crippen molar-refractivity contribution in [1.82, 2.24) is 14.7 Å². The van der Waals surface area contributed by atoms with Crippen LogP contribution in [-0.2, 0) is 10.0 Å². The van der Waals surface area contributed by atoms with Crippen molar-refractivity contribution in [1.29, 1.82) is 0 Å². The number of hydrogen-bond acceptors (Lipinski definition) is 6. The van der Waals surface area contributed by atoms with Gasteiger partial charge >= 0.3 is 0 Å². The highest BCUT2D eigenvalue weighted by Crippen LogP contribution is 2.23. The van der Waals surface area contributed by atoms with Crippen molar-refractivity contribution in [3.63, 3.8) is 0 Å². The van der Waals surface area contributed by atoms with Gasteiger partial charge in [-0.2, -0.15) is 4.98 Å². The first-order chi connectivity index (χ1) is 15.4. The molecule has 0 saturated carbocycles. The Morgan fingerprint density at radius 1 is 0.879 bits per heavy atom. The quantitative estimate of drug-likeness (QED) is 0.409. The van der Waals surface area contributed by atoms with Crippen LogP contribution in [0.1, 0.15) is 47.1 Å². The van der Waals surface area contributed by atoms with E-state index in [2.05, 4.69) is 46.1 Å². The molecule has 0 aliphatic carbocycles. The number of rotatable bonds is 6. The molecule has 0 saturated heterocycles. The second-order valence-corrected chi connectivity index (χ2v) is 11.1. The Labute approximate surface area is 198 Å². The van der Waals surface area contributed by atoms with E-state index >= 15 is 0 Å². The number of hydrogen-bond donors (Lipinski definition) is 3. The van der Waals surface area contributed by atoms with E-state index in [1.165, 1.54) is 0 Å². The molecule has 3 N–H and O–H groups in total. The van der Waals surface area contributed by atoms with Crippen molar-refractivity contribution in [3.8, 4) is 0 Å². The standard InChI is InChI=1S/C21H25N5O2S.C4H10/c1-15-14-22-20(24-16-9-6-5-7-10-16)25-19(15)23-17-11-8-12-18(13-17)29(27,28)26-21(2,3)4;1-4(2)3/h5-14,26H,1-4H3,(H2,22,23,24,25);4H,1-3H3. The van der Waals surface area contributed by atoms with Gasteiger partial charge in [0.25, 0.3) is 0 Å². The fourth-order valence-electron chi connectivity index (χ4n) is 2.62. The summed E-state index contributed by atoms with van der Waals surface area (Å²) in [5.41, 5.74) is 1.77. The molecular formula is C25H35N5O2S. The Morgan fingerprint density at radius 2 is 1.48 bits per heavy atom. The van der Waals surface area contributed by atoms with E-state index in [1.54, 1.807) is 51.2 Å². The lowest BCUT2D eigenvalue weighted by molar-refractivity contribution is 0.491. The van der Waals surface area contributed by atoms with Gasteiger partial charge in [-0.3, -0.25) is 0 Å². The summed E-state index contributed by atoms with van der Waals surface area (Å²) < 4.78 is 27.9. The smallest absolute Gasteiger partial charge is 0.241 e. The first-order valence-electron chi connectivity index (χ1n) is 10.9. The van der Waals surface area contributed by atoms with E-state index in [9.17, 15) is 8.42 Å². The minimum absolute atomic E-state index is 0.187. The zero-order valence-corrected chi connectivity index (χ0v) is 21.3. The lowest BCUT2D eigenvalue weighted by atomic mass is 10.1. The van der Waals surface area contributed by atoms with E-state index in [0.717, 1.165) is 17.2 Å². The summed E-state index contributed by atoms with van der Waals surface area (Å²) in [5, 5.41) is 6.34. The minimum Gasteiger partial charge on any atom is -0.340 e. The number of nitrogens with one attached hydrogen (secondary N) is 3. The summed E-state index contributed by atoms with van der Waals surface area (Å²) in [7, 11) is -3.63. The summed E-state index contributed by atoms with van der Waals surface area (Å²) in [5.74, 6) is 1.87. The molecule has 1 aromatic heterocycles. The van der Waals surface area contributed by atoms with E-state index in [1.807, 2.05) is 37.3 Å². The first kappa shape index (κ1) is 26.3. The molecule has 0 bridgehead atoms. The molecule has 2 aromatic carbocycles. The van der Waals surface area contributed by atoms with Crippen LogP contribution in [0.15, 0.2) is 65.7 Å². The Kier molecular flexibility index (Phi) is 8.96. The normalized spacial score (nSPS) is 11.5. The highest BCUT2D eigenvalue weighted by atomic mass is 32.2. The molecule has 33 heavy (non-hydrogen) atoms. The molecule has 3 rings (SSSR count). The average molecular weight is 470 g/mol. The van der Waals surface area contributed by atoms with E-state index in [4.69, 9.17) is 0 Å². The fraction of sp³-hybridized carbons (Fsp3) is 0.360. The maximum atomic E-state index is 12.6. The molecule has 0 amide bonds. The van der Waals surface area contributed by atoms with Crippen LogP contribution in [0.2, 0.25) is 0 Å². The maximum absolute atomic E-state index is 12.6. The lowest BCUT2D eigenvalue weighted by Crippen LogP contribution is -2.40. The number of nitrogens with zero attached hydrogens (tertiary/aromatic N) is 2. The van der Waals surface area contributed by atoms with Crippen molar-refractivity contribution in [3.05, 3.63) is 66.4 Å². The highest BCUT2D eigenvalue weighted by Gasteiger charge is 2.22. The Bertz CT molecular complexity index is 1140. The van der Waals surface area contributed by atoms with Gasteiger partial charge < -0.3 is 10.6 Å². The van der Waals surface area contributed by atoms with Gasteiger partial charge in [0.15, 0.2) is 0 Å². The summed E-state index contributed by atoms with van der Waals surface area (Å²) in [6.45, 7) is 13.8. The monoisotopic (exact) mass is 469 g/mol. The van der Waals surface area contributed by atoms with Crippen LogP contribution in [0.4, 0.5) is 23.1 Å². The van der Waals surface area contributed by atoms with Gasteiger partial charge in [-0.1, -0.05) is 45.0 Å². The molecule has 0 spiro atoms. The predicted octanol–water partition coefficient (Wildman–Crippen LogP) is 6.01. The van der Waals surface area contributed by atoms with Gasteiger partial charge in [-0.25, -0.2) is 18.1 Å². The third kappa shape index (κ3) is 9.19. The summed E-state index contributed by atoms with van der Waals surface area (Å²) in [6.07, 6.45) is 1.71. The van der Waals surface area contributed by atoms with Crippen LogP contribution in [0.5, 0.6) is 0 Å². The molecule has 0 fully saturated rings. The van der Waals surface area contributed by atoms with Crippen molar-refractivity contribution >= 4 is 33.2 Å². The number of sulfonamides is 1. The zero-order chi connectivity index (χ0) is 24.6. The molecule has 7 nitrogen and oxygen atoms in total. The van der Waals surface area contributed by atoms with Crippen LogP contribution in [0, 0.1) is 12.8 Å². The molecular weight excluding hydrogens is 434 g/mol. The highest BCUT2D eigenvalue weighted by molar-refractivity contribution is 7.89. The molecule has 178 valence electrons. The SMILES string of the molecule is CC(C)C.Cc1cnc(Nc2ccccc2)nc1Nc1cccc(S(=O)(=O)NC(C)(C)C)c1. The van der Waals surface area contributed by atoms with Crippen molar-refractivity contribution in [2.45, 2.75) is 58.9 Å². The number of benzene rings is 2. The Morgan fingerprint density at radius 3 is 2.09 bits per heavy atom. The van der Waals surface area contributed by atoms with Gasteiger partial charge in [-0.05, 0) is 63.9 Å². The molecule has 0 radical (unpaired) electrons. The van der Waals surface area contributed by atoms with Gasteiger partial charge in [0.05, 0.1) is 4.90 Å². The number of para-hydroxylation sites is 1. The Hall–Kier alpha value is -2.97. The molecule has 0 aliphatic heterocycles. The van der Waals surface area contributed by atoms with Crippen LogP contribution < -0.4 is 15.4 Å². The first-order valence-corrected chi connectivity index (χ1v) is 12.4. The number of aromatic nitrogens is 2. The van der Waals surface area contributed by atoms with Crippen molar-refractivity contribution in [2.75, 3.05) is 10.6 Å². The predicted molar refractivity (Wildman–Crippen MR) is 137 cm³/mol. The largest absolute Gasteiger partial charge is 0.340 e. The molecule has 0 atom stereocenters. The summed E-state index contributed by atoms with van der Waals surface area (Å²) in [4.78, 5) is 9.01. The van der Waals surface area contributed by atoms with Crippen LogP contribution >= 0.6 is 0 Å². The lowest BCUT2D eigenvalue weighted by Gasteiger charge is -2.20. The molecule has 8 heteroatoms. The second kappa shape index (κ2) is 11.2. The zero-order valence-electron chi connectivity index (χ0n) is 20.5. The van der Waals surface area contributed by atoms with E-state index in [-0.39, 0.29) is 4.90 Å². The van der Waals surface area contributed by atoms with Gasteiger partial charge in [0.1, 0.15) is 5.82 Å². The molecule has 0 aliphatic rings. The van der Waals surface area contributed by atoms with E-state index in [0.29, 0.717) is 17.5 Å². The summed E-state index contributed by atoms with van der Waals surface area (Å²) in [6, 6.07) is 16.3. The topological polar surface area (TPSA) is 96.0 Å². The number of aryl methyl sites for hydroxylation is 1. The van der Waals surface area contributed by atoms with Gasteiger partial charge in [-0.15, -0.1) is 0 Å². The molecule has 1 heterocycles. The average Bonchev–Trinajstić information content (AvgIpc) is 2.69. The van der Waals surface area contributed by atoms with Crippen LogP contribution in [0.25, 0.3) is 0 Å². The fourth-order valence-corrected chi connectivity index (χ4v) is 4.08. The second-order valence-electron chi connectivity index (χ2n) is 9.46. The molecule has 0 unspecified atom stereocenters. The van der Waals surface area contributed by atoms with Gasteiger partial charge in [0.2, 0.25) is 16.0 Å². The van der Waals surface area contributed by atoms with Crippen molar-refractivity contribution < 1.29 is 8.42 Å². The molecule has 3 aromatic rings. The summed E-state index contributed by atoms with van der Waals surface area (Å²) >= 11 is 0. The van der Waals surface area contributed by atoms with Crippen molar-refractivity contribution in [2.24, 2.45) is 5.92 Å². The maximum Gasteiger partial charge on any atom is 0.241 e. The number of anilines is 4. The van der Waals surface area contributed by atoms with Crippen LogP contribution in [-0.4, -0.2) is 23.9 Å². The minimum atomic E-state index is -3.63. The Balaban J connectivity index is 0.000000890. The van der Waals surface area contributed by atoms with Gasteiger partial charge in [0, 0.05) is 28.7 Å². The van der Waals surface area contributed by atoms with Crippen LogP contribution in [0.3, 0.4) is 0 Å². The third-order valence-corrected chi connectivity index (χ3v) is 5.60. The third-order valence-electron chi connectivity index (χ3n) is 3.85. The van der Waals surface area contributed by atoms with E-state index < -0.39 is 15.6 Å².